The predicted molar refractivity (Wildman–Crippen MR) is 114 cm³/mol. The third kappa shape index (κ3) is 4.00. The van der Waals surface area contributed by atoms with Crippen molar-refractivity contribution in [1.82, 2.24) is 10.4 Å². The van der Waals surface area contributed by atoms with Crippen molar-refractivity contribution in [3.8, 4) is 5.75 Å². The topological polar surface area (TPSA) is 89.5 Å². The van der Waals surface area contributed by atoms with Gasteiger partial charge in [0.05, 0.1) is 29.4 Å². The fraction of sp³-hybridized carbons (Fsp3) is 0.0870. The van der Waals surface area contributed by atoms with Gasteiger partial charge in [-0.15, -0.1) is 0 Å². The van der Waals surface area contributed by atoms with E-state index in [4.69, 9.17) is 4.74 Å². The zero-order valence-electron chi connectivity index (χ0n) is 16.2. The molecule has 3 aromatic carbocycles. The summed E-state index contributed by atoms with van der Waals surface area (Å²) in [6, 6.07) is 21.8. The molecule has 0 saturated carbocycles. The van der Waals surface area contributed by atoms with Crippen LogP contribution < -0.4 is 15.6 Å². The first-order chi connectivity index (χ1) is 14.7. The van der Waals surface area contributed by atoms with Gasteiger partial charge in [-0.2, -0.15) is 0 Å². The second-order valence-electron chi connectivity index (χ2n) is 6.50. The van der Waals surface area contributed by atoms with Crippen molar-refractivity contribution < 1.29 is 19.1 Å². The van der Waals surface area contributed by atoms with Gasteiger partial charge in [0.15, 0.2) is 6.61 Å². The van der Waals surface area contributed by atoms with Crippen LogP contribution in [0.1, 0.15) is 10.4 Å². The van der Waals surface area contributed by atoms with Gasteiger partial charge in [-0.25, -0.2) is 9.78 Å². The normalized spacial score (nSPS) is 10.6. The Morgan fingerprint density at radius 3 is 2.07 bits per heavy atom. The molecule has 4 rings (SSSR count). The van der Waals surface area contributed by atoms with E-state index in [1.165, 1.54) is 7.11 Å². The van der Waals surface area contributed by atoms with Crippen LogP contribution in [0.2, 0.25) is 0 Å². The van der Waals surface area contributed by atoms with Gasteiger partial charge >= 0.3 is 5.97 Å². The molecule has 4 aromatic rings. The summed E-state index contributed by atoms with van der Waals surface area (Å²) in [7, 11) is 1.32. The van der Waals surface area contributed by atoms with E-state index < -0.39 is 5.97 Å². The molecular formula is C23H19N3O4. The second-order valence-corrected chi connectivity index (χ2v) is 6.50. The number of carbonyl (C=O) groups excluding carboxylic acids is 2. The molecule has 0 saturated heterocycles. The highest BCUT2D eigenvalue weighted by Crippen LogP contribution is 2.29. The first-order valence-electron chi connectivity index (χ1n) is 9.29. The number of anilines is 1. The lowest BCUT2D eigenvalue weighted by molar-refractivity contribution is -0.122. The minimum Gasteiger partial charge on any atom is -0.484 e. The van der Waals surface area contributed by atoms with E-state index in [-0.39, 0.29) is 12.5 Å². The molecule has 0 atom stereocenters. The molecule has 0 aliphatic carbocycles. The number of benzene rings is 3. The number of esters is 1. The summed E-state index contributed by atoms with van der Waals surface area (Å²) in [5.41, 5.74) is 8.53. The molecule has 1 heterocycles. The minimum atomic E-state index is -0.430. The number of nitrogens with one attached hydrogen (secondary N) is 2. The number of ether oxygens (including phenoxy) is 2. The number of hydrogen-bond acceptors (Lipinski definition) is 6. The van der Waals surface area contributed by atoms with Crippen molar-refractivity contribution in [3.05, 3.63) is 78.4 Å². The first-order valence-corrected chi connectivity index (χ1v) is 9.29. The number of hydrazine groups is 1. The van der Waals surface area contributed by atoms with Gasteiger partial charge in [-0.05, 0) is 36.4 Å². The van der Waals surface area contributed by atoms with E-state index in [0.29, 0.717) is 11.3 Å². The summed E-state index contributed by atoms with van der Waals surface area (Å²) >= 11 is 0. The van der Waals surface area contributed by atoms with Gasteiger partial charge in [0, 0.05) is 10.8 Å². The molecule has 0 spiro atoms. The van der Waals surface area contributed by atoms with Crippen molar-refractivity contribution in [1.29, 1.82) is 0 Å². The lowest BCUT2D eigenvalue weighted by atomic mass is 10.1. The van der Waals surface area contributed by atoms with E-state index >= 15 is 0 Å². The number of methoxy groups -OCH3 is 1. The van der Waals surface area contributed by atoms with Crippen LogP contribution in [0, 0.1) is 0 Å². The van der Waals surface area contributed by atoms with Crippen LogP contribution in [0.15, 0.2) is 72.8 Å². The molecule has 0 bridgehead atoms. The smallest absolute Gasteiger partial charge is 0.337 e. The quantitative estimate of drug-likeness (QED) is 0.291. The molecule has 0 fully saturated rings. The zero-order valence-corrected chi connectivity index (χ0v) is 16.2. The molecule has 1 amide bonds. The van der Waals surface area contributed by atoms with Crippen LogP contribution in [0.25, 0.3) is 21.8 Å². The Hall–Kier alpha value is -4.13. The molecule has 0 aliphatic heterocycles. The molecule has 30 heavy (non-hydrogen) atoms. The standard InChI is InChI=1S/C23H19N3O4/c1-29-23(28)15-10-12-16(13-11-15)30-14-21(27)25-26-22-17-6-2-4-8-19(17)24-20-9-5-3-7-18(20)22/h2-13H,14H2,1H3,(H,24,26)(H,25,27). The first kappa shape index (κ1) is 19.2. The van der Waals surface area contributed by atoms with Gasteiger partial charge in [0.1, 0.15) is 5.75 Å². The maximum absolute atomic E-state index is 12.3. The summed E-state index contributed by atoms with van der Waals surface area (Å²) in [5, 5.41) is 1.80. The average molecular weight is 401 g/mol. The molecule has 1 aromatic heterocycles. The van der Waals surface area contributed by atoms with E-state index in [1.807, 2.05) is 48.5 Å². The Morgan fingerprint density at radius 2 is 1.47 bits per heavy atom. The number of hydrogen-bond donors (Lipinski definition) is 2. The molecular weight excluding hydrogens is 382 g/mol. The van der Waals surface area contributed by atoms with Crippen LogP contribution in [0.3, 0.4) is 0 Å². The Kier molecular flexibility index (Phi) is 5.43. The lowest BCUT2D eigenvalue weighted by Gasteiger charge is -2.14. The Bertz CT molecular complexity index is 1170. The average Bonchev–Trinajstić information content (AvgIpc) is 2.80. The molecule has 150 valence electrons. The van der Waals surface area contributed by atoms with Crippen molar-refractivity contribution in [3.63, 3.8) is 0 Å². The molecule has 0 radical (unpaired) electrons. The number of nitrogens with zero attached hydrogens (tertiary/aromatic N) is 1. The Labute approximate surface area is 172 Å². The molecule has 7 heteroatoms. The van der Waals surface area contributed by atoms with E-state index in [9.17, 15) is 9.59 Å². The number of fused-ring (bicyclic) bond motifs is 2. The van der Waals surface area contributed by atoms with Crippen LogP contribution in [0.4, 0.5) is 5.69 Å². The van der Waals surface area contributed by atoms with Crippen LogP contribution in [0.5, 0.6) is 5.75 Å². The minimum absolute atomic E-state index is 0.189. The van der Waals surface area contributed by atoms with Gasteiger partial charge < -0.3 is 9.47 Å². The van der Waals surface area contributed by atoms with Crippen LogP contribution >= 0.6 is 0 Å². The molecule has 0 aliphatic rings. The summed E-state index contributed by atoms with van der Waals surface area (Å²) in [4.78, 5) is 28.4. The number of para-hydroxylation sites is 2. The van der Waals surface area contributed by atoms with Crippen molar-refractivity contribution in [2.24, 2.45) is 0 Å². The van der Waals surface area contributed by atoms with Gasteiger partial charge in [-0.3, -0.25) is 15.6 Å². The highest BCUT2D eigenvalue weighted by molar-refractivity contribution is 6.07. The van der Waals surface area contributed by atoms with E-state index in [0.717, 1.165) is 27.5 Å². The fourth-order valence-electron chi connectivity index (χ4n) is 3.10. The van der Waals surface area contributed by atoms with Crippen molar-refractivity contribution >= 4 is 39.4 Å². The molecule has 0 unspecified atom stereocenters. The SMILES string of the molecule is COC(=O)c1ccc(OCC(=O)NNc2c3ccccc3nc3ccccc23)cc1. The zero-order chi connectivity index (χ0) is 20.9. The largest absolute Gasteiger partial charge is 0.484 e. The van der Waals surface area contributed by atoms with E-state index in [1.54, 1.807) is 24.3 Å². The van der Waals surface area contributed by atoms with Crippen molar-refractivity contribution in [2.75, 3.05) is 19.1 Å². The van der Waals surface area contributed by atoms with Crippen molar-refractivity contribution in [2.45, 2.75) is 0 Å². The summed E-state index contributed by atoms with van der Waals surface area (Å²) in [6.45, 7) is -0.189. The Balaban J connectivity index is 1.45. The summed E-state index contributed by atoms with van der Waals surface area (Å²) in [6.07, 6.45) is 0. The van der Waals surface area contributed by atoms with Gasteiger partial charge in [0.2, 0.25) is 0 Å². The maximum Gasteiger partial charge on any atom is 0.337 e. The third-order valence-electron chi connectivity index (χ3n) is 4.56. The number of amides is 1. The fourth-order valence-corrected chi connectivity index (χ4v) is 3.10. The summed E-state index contributed by atoms with van der Waals surface area (Å²) < 4.78 is 10.1. The molecule has 7 nitrogen and oxygen atoms in total. The number of aromatic nitrogens is 1. The van der Waals surface area contributed by atoms with Crippen LogP contribution in [-0.2, 0) is 9.53 Å². The highest BCUT2D eigenvalue weighted by atomic mass is 16.5. The highest BCUT2D eigenvalue weighted by Gasteiger charge is 2.10. The predicted octanol–water partition coefficient (Wildman–Crippen LogP) is 3.70. The Morgan fingerprint density at radius 1 is 0.867 bits per heavy atom. The maximum atomic E-state index is 12.3. The monoisotopic (exact) mass is 401 g/mol. The number of pyridine rings is 1. The second kappa shape index (κ2) is 8.48. The number of rotatable bonds is 6. The van der Waals surface area contributed by atoms with Gasteiger partial charge in [-0.1, -0.05) is 36.4 Å². The molecule has 2 N–H and O–H groups in total. The number of carbonyl (C=O) groups is 2. The lowest BCUT2D eigenvalue weighted by Crippen LogP contribution is -2.33. The van der Waals surface area contributed by atoms with Gasteiger partial charge in [0.25, 0.3) is 5.91 Å². The van der Waals surface area contributed by atoms with E-state index in [2.05, 4.69) is 20.6 Å². The van der Waals surface area contributed by atoms with Crippen LogP contribution in [-0.4, -0.2) is 30.6 Å². The third-order valence-corrected chi connectivity index (χ3v) is 4.56. The summed E-state index contributed by atoms with van der Waals surface area (Å²) in [5.74, 6) is -0.310.